The molecule has 0 spiro atoms. The molecule has 1 amide bonds. The van der Waals surface area contributed by atoms with E-state index in [0.717, 1.165) is 10.9 Å². The number of aromatic amines is 1. The predicted molar refractivity (Wildman–Crippen MR) is 78.2 cm³/mol. The molecule has 0 saturated heterocycles. The first-order valence-electron chi connectivity index (χ1n) is 6.90. The predicted octanol–water partition coefficient (Wildman–Crippen LogP) is 3.10. The van der Waals surface area contributed by atoms with Crippen molar-refractivity contribution in [2.24, 2.45) is 5.92 Å². The van der Waals surface area contributed by atoms with E-state index < -0.39 is 0 Å². The van der Waals surface area contributed by atoms with Crippen LogP contribution in [0.3, 0.4) is 0 Å². The van der Waals surface area contributed by atoms with Gasteiger partial charge in [-0.3, -0.25) is 4.79 Å². The summed E-state index contributed by atoms with van der Waals surface area (Å²) in [6.07, 6.45) is 7.10. The number of halogens is 1. The van der Waals surface area contributed by atoms with Crippen molar-refractivity contribution < 1.29 is 9.53 Å². The zero-order valence-electron chi connectivity index (χ0n) is 11.2. The van der Waals surface area contributed by atoms with E-state index in [9.17, 15) is 4.79 Å². The van der Waals surface area contributed by atoms with Gasteiger partial charge in [0.1, 0.15) is 5.69 Å². The lowest BCUT2D eigenvalue weighted by molar-refractivity contribution is -0.00295. The number of carbonyl (C=O) groups is 1. The average molecular weight is 329 g/mol. The fourth-order valence-corrected chi connectivity index (χ4v) is 2.84. The Morgan fingerprint density at radius 3 is 3.00 bits per heavy atom. The summed E-state index contributed by atoms with van der Waals surface area (Å²) in [6.45, 7) is 3.39. The van der Waals surface area contributed by atoms with E-state index in [0.29, 0.717) is 30.9 Å². The molecule has 0 bridgehead atoms. The van der Waals surface area contributed by atoms with Gasteiger partial charge in [0.05, 0.1) is 12.7 Å². The molecular formula is C14H21BrN2O2. The molecule has 1 saturated carbocycles. The number of hydrogen-bond donors (Lipinski definition) is 2. The second kappa shape index (κ2) is 7.10. The Labute approximate surface area is 122 Å². The zero-order valence-corrected chi connectivity index (χ0v) is 12.8. The Kier molecular flexibility index (Phi) is 5.45. The highest BCUT2D eigenvalue weighted by Gasteiger charge is 2.21. The summed E-state index contributed by atoms with van der Waals surface area (Å²) in [6, 6.07) is 1.76. The molecule has 0 aliphatic heterocycles. The molecule has 0 unspecified atom stereocenters. The number of hydrogen-bond acceptors (Lipinski definition) is 2. The van der Waals surface area contributed by atoms with Crippen LogP contribution in [0.5, 0.6) is 0 Å². The number of carbonyl (C=O) groups excluding carboxylic acids is 1. The molecule has 1 aliphatic carbocycles. The fraction of sp³-hybridized carbons (Fsp3) is 0.643. The largest absolute Gasteiger partial charge is 0.376 e. The van der Waals surface area contributed by atoms with Crippen LogP contribution in [0.2, 0.25) is 0 Å². The molecule has 1 fully saturated rings. The van der Waals surface area contributed by atoms with Gasteiger partial charge < -0.3 is 15.0 Å². The highest BCUT2D eigenvalue weighted by Crippen LogP contribution is 2.25. The van der Waals surface area contributed by atoms with E-state index >= 15 is 0 Å². The van der Waals surface area contributed by atoms with Gasteiger partial charge in [0.2, 0.25) is 0 Å². The smallest absolute Gasteiger partial charge is 0.267 e. The van der Waals surface area contributed by atoms with Crippen molar-refractivity contribution in [3.8, 4) is 0 Å². The second-order valence-electron chi connectivity index (χ2n) is 5.16. The van der Waals surface area contributed by atoms with Crippen molar-refractivity contribution in [2.75, 3.05) is 13.2 Å². The quantitative estimate of drug-likeness (QED) is 0.816. The van der Waals surface area contributed by atoms with Crippen LogP contribution in [0.1, 0.15) is 43.1 Å². The van der Waals surface area contributed by atoms with Crippen molar-refractivity contribution in [3.05, 3.63) is 22.4 Å². The lowest BCUT2D eigenvalue weighted by Crippen LogP contribution is -2.31. The number of rotatable bonds is 5. The third kappa shape index (κ3) is 4.35. The molecule has 106 valence electrons. The third-order valence-corrected chi connectivity index (χ3v) is 4.10. The number of ether oxygens (including phenoxy) is 1. The van der Waals surface area contributed by atoms with Gasteiger partial charge in [-0.05, 0) is 40.8 Å². The molecule has 19 heavy (non-hydrogen) atoms. The summed E-state index contributed by atoms with van der Waals surface area (Å²) >= 11 is 3.31. The summed E-state index contributed by atoms with van der Waals surface area (Å²) in [4.78, 5) is 14.7. The van der Waals surface area contributed by atoms with Gasteiger partial charge in [0, 0.05) is 17.2 Å². The van der Waals surface area contributed by atoms with E-state index in [1.807, 2.05) is 0 Å². The van der Waals surface area contributed by atoms with Gasteiger partial charge in [0.25, 0.3) is 5.91 Å². The summed E-state index contributed by atoms with van der Waals surface area (Å²) in [7, 11) is 0. The first-order valence-corrected chi connectivity index (χ1v) is 7.70. The van der Waals surface area contributed by atoms with Crippen LogP contribution in [-0.4, -0.2) is 30.1 Å². The van der Waals surface area contributed by atoms with Crippen molar-refractivity contribution >= 4 is 21.8 Å². The van der Waals surface area contributed by atoms with Crippen molar-refractivity contribution in [1.82, 2.24) is 10.3 Å². The topological polar surface area (TPSA) is 54.1 Å². The number of nitrogens with one attached hydrogen (secondary N) is 2. The van der Waals surface area contributed by atoms with Crippen molar-refractivity contribution in [3.63, 3.8) is 0 Å². The van der Waals surface area contributed by atoms with Gasteiger partial charge >= 0.3 is 0 Å². The van der Waals surface area contributed by atoms with Gasteiger partial charge in [-0.25, -0.2) is 0 Å². The molecule has 2 rings (SSSR count). The van der Waals surface area contributed by atoms with Crippen LogP contribution in [0.4, 0.5) is 0 Å². The zero-order chi connectivity index (χ0) is 13.7. The minimum absolute atomic E-state index is 0.0917. The number of amides is 1. The van der Waals surface area contributed by atoms with Crippen molar-refractivity contribution in [1.29, 1.82) is 0 Å². The van der Waals surface area contributed by atoms with Crippen LogP contribution < -0.4 is 5.32 Å². The lowest BCUT2D eigenvalue weighted by Gasteiger charge is -2.28. The summed E-state index contributed by atoms with van der Waals surface area (Å²) in [5.74, 6) is 0.551. The van der Waals surface area contributed by atoms with Gasteiger partial charge in [0.15, 0.2) is 0 Å². The number of aromatic nitrogens is 1. The van der Waals surface area contributed by atoms with E-state index in [4.69, 9.17) is 4.74 Å². The Morgan fingerprint density at radius 2 is 2.32 bits per heavy atom. The Bertz CT molecular complexity index is 419. The minimum atomic E-state index is -0.0917. The molecular weight excluding hydrogens is 308 g/mol. The summed E-state index contributed by atoms with van der Waals surface area (Å²) in [5.41, 5.74) is 0.568. The molecule has 0 radical (unpaired) electrons. The standard InChI is InChI=1S/C14H21BrN2O2/c1-10-4-2-3-5-13(10)19-7-6-16-14(18)12-8-11(15)9-17-12/h8-10,13,17H,2-7H2,1H3,(H,16,18)/t10-,13+/m1/s1. The Balaban J connectivity index is 1.65. The van der Waals surface area contributed by atoms with Crippen LogP contribution in [0.15, 0.2) is 16.7 Å². The van der Waals surface area contributed by atoms with Gasteiger partial charge in [-0.2, -0.15) is 0 Å². The van der Waals surface area contributed by atoms with E-state index in [2.05, 4.69) is 33.2 Å². The van der Waals surface area contributed by atoms with E-state index in [1.165, 1.54) is 19.3 Å². The third-order valence-electron chi connectivity index (χ3n) is 3.64. The maximum Gasteiger partial charge on any atom is 0.267 e. The number of H-pyrrole nitrogens is 1. The van der Waals surface area contributed by atoms with Crippen LogP contribution >= 0.6 is 15.9 Å². The normalized spacial score (nSPS) is 23.3. The van der Waals surface area contributed by atoms with Gasteiger partial charge in [-0.1, -0.05) is 19.8 Å². The highest BCUT2D eigenvalue weighted by molar-refractivity contribution is 9.10. The summed E-state index contributed by atoms with van der Waals surface area (Å²) < 4.78 is 6.73. The molecule has 2 atom stereocenters. The minimum Gasteiger partial charge on any atom is -0.376 e. The molecule has 1 heterocycles. The maximum atomic E-state index is 11.8. The second-order valence-corrected chi connectivity index (χ2v) is 6.07. The van der Waals surface area contributed by atoms with Crippen LogP contribution in [-0.2, 0) is 4.74 Å². The Hall–Kier alpha value is -0.810. The molecule has 4 nitrogen and oxygen atoms in total. The lowest BCUT2D eigenvalue weighted by atomic mass is 9.88. The molecule has 5 heteroatoms. The fourth-order valence-electron chi connectivity index (χ4n) is 2.50. The first kappa shape index (κ1) is 14.6. The van der Waals surface area contributed by atoms with E-state index in [-0.39, 0.29) is 5.91 Å². The van der Waals surface area contributed by atoms with Crippen molar-refractivity contribution in [2.45, 2.75) is 38.7 Å². The first-order chi connectivity index (χ1) is 9.16. The molecule has 0 aromatic carbocycles. The summed E-state index contributed by atoms with van der Waals surface area (Å²) in [5, 5.41) is 2.85. The highest BCUT2D eigenvalue weighted by atomic mass is 79.9. The molecule has 2 N–H and O–H groups in total. The average Bonchev–Trinajstić information content (AvgIpc) is 2.83. The maximum absolute atomic E-state index is 11.8. The Morgan fingerprint density at radius 1 is 1.53 bits per heavy atom. The molecule has 1 aliphatic rings. The van der Waals surface area contributed by atoms with Crippen LogP contribution in [0.25, 0.3) is 0 Å². The van der Waals surface area contributed by atoms with Gasteiger partial charge in [-0.15, -0.1) is 0 Å². The monoisotopic (exact) mass is 328 g/mol. The van der Waals surface area contributed by atoms with Crippen LogP contribution in [0, 0.1) is 5.92 Å². The SMILES string of the molecule is C[C@@H]1CCCC[C@@H]1OCCNC(=O)c1cc(Br)c[nH]1. The van der Waals surface area contributed by atoms with E-state index in [1.54, 1.807) is 12.3 Å². The molecule has 1 aromatic rings. The molecule has 1 aromatic heterocycles.